The lowest BCUT2D eigenvalue weighted by atomic mass is 10.4. The third-order valence-electron chi connectivity index (χ3n) is 1.71. The standard InChI is InChI=1S/C11H13F3N2O2S/c1-7(2)18-16-6-8-5-15-11(17-8)19-4-3-9(12)10(13)14/h5-7H,3-4H2,1-2H3. The number of thioether (sulfide) groups is 1. The van der Waals surface area contributed by atoms with Crippen molar-refractivity contribution in [1.82, 2.24) is 4.98 Å². The molecular weight excluding hydrogens is 281 g/mol. The van der Waals surface area contributed by atoms with Gasteiger partial charge in [-0.1, -0.05) is 16.9 Å². The Kier molecular flexibility index (Phi) is 6.48. The van der Waals surface area contributed by atoms with Crippen molar-refractivity contribution in [2.75, 3.05) is 5.75 Å². The summed E-state index contributed by atoms with van der Waals surface area (Å²) in [5.41, 5.74) is 0. The third kappa shape index (κ3) is 6.32. The molecule has 1 aromatic heterocycles. The predicted molar refractivity (Wildman–Crippen MR) is 66.0 cm³/mol. The summed E-state index contributed by atoms with van der Waals surface area (Å²) in [6.07, 6.45) is 0.0657. The molecule has 106 valence electrons. The van der Waals surface area contributed by atoms with E-state index in [1.54, 1.807) is 0 Å². The zero-order valence-corrected chi connectivity index (χ0v) is 11.2. The molecule has 19 heavy (non-hydrogen) atoms. The molecule has 0 aliphatic rings. The van der Waals surface area contributed by atoms with E-state index in [0.717, 1.165) is 11.8 Å². The predicted octanol–water partition coefficient (Wildman–Crippen LogP) is 3.99. The van der Waals surface area contributed by atoms with Crippen molar-refractivity contribution in [2.24, 2.45) is 5.16 Å². The van der Waals surface area contributed by atoms with Crippen molar-refractivity contribution in [3.8, 4) is 0 Å². The summed E-state index contributed by atoms with van der Waals surface area (Å²) in [6, 6.07) is 0. The Morgan fingerprint density at radius 3 is 2.89 bits per heavy atom. The molecule has 0 aliphatic heterocycles. The number of hydrogen-bond donors (Lipinski definition) is 0. The van der Waals surface area contributed by atoms with Crippen molar-refractivity contribution < 1.29 is 22.4 Å². The van der Waals surface area contributed by atoms with Crippen molar-refractivity contribution in [2.45, 2.75) is 31.6 Å². The number of halogens is 3. The summed E-state index contributed by atoms with van der Waals surface area (Å²) >= 11 is 1.04. The van der Waals surface area contributed by atoms with Gasteiger partial charge in [-0.15, -0.1) is 0 Å². The van der Waals surface area contributed by atoms with Crippen LogP contribution in [0.25, 0.3) is 0 Å². The van der Waals surface area contributed by atoms with Crippen molar-refractivity contribution in [1.29, 1.82) is 0 Å². The van der Waals surface area contributed by atoms with Crippen LogP contribution in [0.1, 0.15) is 26.0 Å². The second kappa shape index (κ2) is 7.88. The van der Waals surface area contributed by atoms with E-state index in [0.29, 0.717) is 5.76 Å². The lowest BCUT2D eigenvalue weighted by Gasteiger charge is -1.98. The van der Waals surface area contributed by atoms with Gasteiger partial charge in [0.05, 0.1) is 6.20 Å². The summed E-state index contributed by atoms with van der Waals surface area (Å²) < 4.78 is 41.3. The fourth-order valence-corrected chi connectivity index (χ4v) is 1.66. The van der Waals surface area contributed by atoms with E-state index in [2.05, 4.69) is 10.1 Å². The van der Waals surface area contributed by atoms with Gasteiger partial charge in [0, 0.05) is 12.2 Å². The quantitative estimate of drug-likeness (QED) is 0.433. The molecule has 0 N–H and O–H groups in total. The molecular formula is C11H13F3N2O2S. The molecule has 0 saturated heterocycles. The number of aromatic nitrogens is 1. The molecule has 0 atom stereocenters. The molecule has 1 aromatic rings. The molecule has 0 unspecified atom stereocenters. The van der Waals surface area contributed by atoms with Gasteiger partial charge in [-0.05, 0) is 13.8 Å². The van der Waals surface area contributed by atoms with Gasteiger partial charge in [0.1, 0.15) is 12.3 Å². The summed E-state index contributed by atoms with van der Waals surface area (Å²) in [4.78, 5) is 8.81. The molecule has 0 radical (unpaired) electrons. The normalized spacial score (nSPS) is 11.3. The van der Waals surface area contributed by atoms with E-state index >= 15 is 0 Å². The summed E-state index contributed by atoms with van der Waals surface area (Å²) in [5, 5.41) is 3.91. The highest BCUT2D eigenvalue weighted by Gasteiger charge is 2.07. The Hall–Kier alpha value is -1.44. The smallest absolute Gasteiger partial charge is 0.301 e. The van der Waals surface area contributed by atoms with E-state index in [1.807, 2.05) is 13.8 Å². The number of oxime groups is 1. The van der Waals surface area contributed by atoms with Gasteiger partial charge in [0.15, 0.2) is 11.6 Å². The molecule has 0 spiro atoms. The molecule has 0 amide bonds. The number of allylic oxidation sites excluding steroid dienone is 1. The lowest BCUT2D eigenvalue weighted by Crippen LogP contribution is -1.95. The van der Waals surface area contributed by atoms with Gasteiger partial charge in [0.2, 0.25) is 0 Å². The minimum atomic E-state index is -2.29. The zero-order chi connectivity index (χ0) is 14.3. The van der Waals surface area contributed by atoms with Crippen LogP contribution >= 0.6 is 11.8 Å². The van der Waals surface area contributed by atoms with Crippen molar-refractivity contribution in [3.05, 3.63) is 23.9 Å². The maximum atomic E-state index is 12.5. The molecule has 1 heterocycles. The second-order valence-corrected chi connectivity index (χ2v) is 4.73. The highest BCUT2D eigenvalue weighted by atomic mass is 32.2. The van der Waals surface area contributed by atoms with Gasteiger partial charge in [-0.3, -0.25) is 0 Å². The van der Waals surface area contributed by atoms with E-state index in [4.69, 9.17) is 9.25 Å². The number of rotatable bonds is 7. The Bertz CT molecular complexity index is 457. The zero-order valence-electron chi connectivity index (χ0n) is 10.4. The van der Waals surface area contributed by atoms with Gasteiger partial charge >= 0.3 is 6.08 Å². The maximum Gasteiger partial charge on any atom is 0.301 e. The fourth-order valence-electron chi connectivity index (χ4n) is 0.923. The minimum absolute atomic E-state index is 0.0432. The summed E-state index contributed by atoms with van der Waals surface area (Å²) in [7, 11) is 0. The van der Waals surface area contributed by atoms with Crippen LogP contribution in [0.5, 0.6) is 0 Å². The molecule has 0 saturated carbocycles. The van der Waals surface area contributed by atoms with Crippen LogP contribution in [-0.2, 0) is 4.84 Å². The lowest BCUT2D eigenvalue weighted by molar-refractivity contribution is 0.0871. The van der Waals surface area contributed by atoms with E-state index in [1.165, 1.54) is 12.4 Å². The van der Waals surface area contributed by atoms with Gasteiger partial charge < -0.3 is 9.25 Å². The number of hydrogen-bond acceptors (Lipinski definition) is 5. The van der Waals surface area contributed by atoms with E-state index in [-0.39, 0.29) is 23.5 Å². The first-order chi connectivity index (χ1) is 8.99. The average molecular weight is 294 g/mol. The van der Waals surface area contributed by atoms with Gasteiger partial charge in [0.25, 0.3) is 5.22 Å². The van der Waals surface area contributed by atoms with E-state index < -0.39 is 11.9 Å². The summed E-state index contributed by atoms with van der Waals surface area (Å²) in [6.45, 7) is 3.65. The Labute approximate surface area is 112 Å². The number of nitrogens with zero attached hydrogens (tertiary/aromatic N) is 2. The van der Waals surface area contributed by atoms with E-state index in [9.17, 15) is 13.2 Å². The van der Waals surface area contributed by atoms with Gasteiger partial charge in [-0.2, -0.15) is 8.78 Å². The number of oxazole rings is 1. The topological polar surface area (TPSA) is 47.6 Å². The van der Waals surface area contributed by atoms with Crippen LogP contribution in [0.3, 0.4) is 0 Å². The second-order valence-electron chi connectivity index (χ2n) is 3.68. The van der Waals surface area contributed by atoms with Crippen LogP contribution in [0.15, 0.2) is 32.9 Å². The van der Waals surface area contributed by atoms with Crippen molar-refractivity contribution >= 4 is 18.0 Å². The van der Waals surface area contributed by atoms with Gasteiger partial charge in [-0.25, -0.2) is 9.37 Å². The van der Waals surface area contributed by atoms with Crippen LogP contribution in [0, 0.1) is 0 Å². The third-order valence-corrected chi connectivity index (χ3v) is 2.55. The first kappa shape index (κ1) is 15.6. The van der Waals surface area contributed by atoms with Crippen LogP contribution < -0.4 is 0 Å². The van der Waals surface area contributed by atoms with Crippen LogP contribution in [-0.4, -0.2) is 23.1 Å². The fraction of sp³-hybridized carbons (Fsp3) is 0.455. The minimum Gasteiger partial charge on any atom is -0.430 e. The SMILES string of the molecule is CC(C)ON=Cc1cnc(SCCC(F)=C(F)F)o1. The molecule has 0 aliphatic carbocycles. The Morgan fingerprint density at radius 2 is 2.26 bits per heavy atom. The molecule has 0 fully saturated rings. The highest BCUT2D eigenvalue weighted by Crippen LogP contribution is 2.22. The summed E-state index contributed by atoms with van der Waals surface area (Å²) in [5.74, 6) is -0.926. The monoisotopic (exact) mass is 294 g/mol. The molecule has 0 bridgehead atoms. The Morgan fingerprint density at radius 1 is 1.53 bits per heavy atom. The van der Waals surface area contributed by atoms with Crippen molar-refractivity contribution in [3.63, 3.8) is 0 Å². The largest absolute Gasteiger partial charge is 0.430 e. The average Bonchev–Trinajstić information content (AvgIpc) is 2.76. The first-order valence-corrected chi connectivity index (χ1v) is 6.45. The molecule has 1 rings (SSSR count). The molecule has 0 aromatic carbocycles. The van der Waals surface area contributed by atoms with Crippen LogP contribution in [0.4, 0.5) is 13.2 Å². The molecule has 4 nitrogen and oxygen atoms in total. The van der Waals surface area contributed by atoms with Crippen LogP contribution in [0.2, 0.25) is 0 Å². The Balaban J connectivity index is 2.39. The highest BCUT2D eigenvalue weighted by molar-refractivity contribution is 7.99. The molecule has 8 heteroatoms. The maximum absolute atomic E-state index is 12.5. The first-order valence-electron chi connectivity index (χ1n) is 5.46.